The third kappa shape index (κ3) is 2.59. The minimum atomic E-state index is -5.73. The van der Waals surface area contributed by atoms with Crippen LogP contribution in [0.5, 0.6) is 0 Å². The molecule has 0 unspecified atom stereocenters. The third-order valence-corrected chi connectivity index (χ3v) is 6.05. The molecule has 0 aromatic heterocycles. The topological polar surface area (TPSA) is 71.5 Å². The monoisotopic (exact) mass is 327 g/mol. The minimum absolute atomic E-state index is 0.132. The van der Waals surface area contributed by atoms with Crippen LogP contribution in [0.2, 0.25) is 0 Å². The molecule has 114 valence electrons. The summed E-state index contributed by atoms with van der Waals surface area (Å²) < 4.78 is 98.1. The highest BCUT2D eigenvalue weighted by Gasteiger charge is 2.72. The number of sulfonamides is 1. The molecule has 1 aliphatic heterocycles. The predicted octanol–water partition coefficient (Wildman–Crippen LogP) is 1.03. The average molecular weight is 327 g/mol. The second-order valence-electron chi connectivity index (χ2n) is 4.27. The lowest BCUT2D eigenvalue weighted by atomic mass is 10.2. The molecule has 0 amide bonds. The van der Waals surface area contributed by atoms with Gasteiger partial charge in [0, 0.05) is 19.3 Å². The summed E-state index contributed by atoms with van der Waals surface area (Å²) in [6.07, 6.45) is 0.992. The van der Waals surface area contributed by atoms with Crippen molar-refractivity contribution >= 4 is 19.9 Å². The first-order chi connectivity index (χ1) is 8.36. The van der Waals surface area contributed by atoms with Gasteiger partial charge in [0.2, 0.25) is 9.84 Å². The lowest BCUT2D eigenvalue weighted by Gasteiger charge is -2.32. The Morgan fingerprint density at radius 3 is 1.63 bits per heavy atom. The van der Waals surface area contributed by atoms with Crippen molar-refractivity contribution in [3.8, 4) is 0 Å². The van der Waals surface area contributed by atoms with E-state index in [0.717, 1.165) is 0 Å². The zero-order valence-corrected chi connectivity index (χ0v) is 11.6. The van der Waals surface area contributed by atoms with Gasteiger partial charge >= 0.3 is 10.5 Å². The Hall–Kier alpha value is -0.420. The van der Waals surface area contributed by atoms with Gasteiger partial charge in [0.05, 0.1) is 0 Å². The number of piperidine rings is 1. The van der Waals surface area contributed by atoms with Crippen molar-refractivity contribution in [2.24, 2.45) is 0 Å². The van der Waals surface area contributed by atoms with Crippen molar-refractivity contribution in [3.05, 3.63) is 0 Å². The van der Waals surface area contributed by atoms with Crippen LogP contribution >= 0.6 is 0 Å². The zero-order valence-electron chi connectivity index (χ0n) is 9.94. The van der Waals surface area contributed by atoms with Crippen LogP contribution in [0.1, 0.15) is 19.3 Å². The Morgan fingerprint density at radius 2 is 1.26 bits per heavy atom. The molecule has 0 aromatic carbocycles. The average Bonchev–Trinajstić information content (AvgIpc) is 2.28. The van der Waals surface area contributed by atoms with Gasteiger partial charge in [0.25, 0.3) is 10.0 Å². The second kappa shape index (κ2) is 4.85. The molecule has 5 nitrogen and oxygen atoms in total. The SMILES string of the molecule is CS(=O)(=O)C(F)(F)C(F)(F)S(=O)(=O)N1CCCCC1. The van der Waals surface area contributed by atoms with E-state index < -0.39 is 30.4 Å². The largest absolute Gasteiger partial charge is 0.435 e. The van der Waals surface area contributed by atoms with Gasteiger partial charge in [-0.3, -0.25) is 0 Å². The molecule has 1 fully saturated rings. The first kappa shape index (κ1) is 16.6. The number of rotatable bonds is 4. The van der Waals surface area contributed by atoms with Crippen molar-refractivity contribution < 1.29 is 34.4 Å². The van der Waals surface area contributed by atoms with Crippen molar-refractivity contribution in [2.75, 3.05) is 19.3 Å². The number of alkyl halides is 4. The molecule has 0 aliphatic carbocycles. The molecule has 0 N–H and O–H groups in total. The van der Waals surface area contributed by atoms with Crippen molar-refractivity contribution in [3.63, 3.8) is 0 Å². The Bertz CT molecular complexity index is 537. The van der Waals surface area contributed by atoms with Gasteiger partial charge in [-0.25, -0.2) is 16.8 Å². The van der Waals surface area contributed by atoms with E-state index in [1.807, 2.05) is 0 Å². The molecular weight excluding hydrogens is 314 g/mol. The highest BCUT2D eigenvalue weighted by Crippen LogP contribution is 2.44. The number of nitrogens with zero attached hydrogens (tertiary/aromatic N) is 1. The van der Waals surface area contributed by atoms with E-state index in [2.05, 4.69) is 0 Å². The van der Waals surface area contributed by atoms with Gasteiger partial charge in [-0.1, -0.05) is 6.42 Å². The molecule has 1 heterocycles. The molecule has 19 heavy (non-hydrogen) atoms. The van der Waals surface area contributed by atoms with Crippen LogP contribution in [0.4, 0.5) is 17.6 Å². The molecule has 0 spiro atoms. The Kier molecular flexibility index (Phi) is 4.24. The van der Waals surface area contributed by atoms with Crippen LogP contribution in [0.15, 0.2) is 0 Å². The third-order valence-electron chi connectivity index (χ3n) is 2.78. The van der Waals surface area contributed by atoms with E-state index in [1.54, 1.807) is 0 Å². The first-order valence-electron chi connectivity index (χ1n) is 5.30. The highest BCUT2D eigenvalue weighted by molar-refractivity contribution is 7.95. The van der Waals surface area contributed by atoms with Crippen LogP contribution in [0.3, 0.4) is 0 Å². The standard InChI is InChI=1S/C8H13F4NO4S2/c1-18(14,15)7(9,10)8(11,12)19(16,17)13-5-3-2-4-6-13/h2-6H2,1H3. The molecule has 0 radical (unpaired) electrons. The van der Waals surface area contributed by atoms with Crippen molar-refractivity contribution in [2.45, 2.75) is 29.8 Å². The summed E-state index contributed by atoms with van der Waals surface area (Å²) in [6.45, 7) is -0.643. The molecule has 0 saturated carbocycles. The summed E-state index contributed by atoms with van der Waals surface area (Å²) in [5, 5.41) is -11.4. The maximum absolute atomic E-state index is 13.5. The lowest BCUT2D eigenvalue weighted by Crippen LogP contribution is -2.57. The van der Waals surface area contributed by atoms with Gasteiger partial charge in [0.1, 0.15) is 0 Å². The molecular formula is C8H13F4NO4S2. The van der Waals surface area contributed by atoms with Gasteiger partial charge in [-0.2, -0.15) is 21.9 Å². The number of hydrogen-bond acceptors (Lipinski definition) is 4. The smallest absolute Gasteiger partial charge is 0.223 e. The summed E-state index contributed by atoms with van der Waals surface area (Å²) >= 11 is 0. The van der Waals surface area contributed by atoms with Crippen LogP contribution in [0.25, 0.3) is 0 Å². The molecule has 0 atom stereocenters. The molecule has 1 aliphatic rings. The van der Waals surface area contributed by atoms with E-state index in [4.69, 9.17) is 0 Å². The summed E-state index contributed by atoms with van der Waals surface area (Å²) in [6, 6.07) is 0. The fourth-order valence-electron chi connectivity index (χ4n) is 1.63. The number of halogens is 4. The quantitative estimate of drug-likeness (QED) is 0.723. The molecule has 0 bridgehead atoms. The normalized spacial score (nSPS) is 20.5. The van der Waals surface area contributed by atoms with Crippen LogP contribution in [-0.2, 0) is 19.9 Å². The molecule has 1 saturated heterocycles. The Labute approximate surface area is 108 Å². The summed E-state index contributed by atoms with van der Waals surface area (Å²) in [4.78, 5) is 0. The summed E-state index contributed by atoms with van der Waals surface area (Å²) in [5.74, 6) is 0. The maximum atomic E-state index is 13.5. The van der Waals surface area contributed by atoms with Crippen molar-refractivity contribution in [1.29, 1.82) is 0 Å². The fourth-order valence-corrected chi connectivity index (χ4v) is 4.20. The maximum Gasteiger partial charge on any atom is 0.435 e. The van der Waals surface area contributed by atoms with E-state index in [0.29, 0.717) is 6.42 Å². The second-order valence-corrected chi connectivity index (χ2v) is 8.31. The highest BCUT2D eigenvalue weighted by atomic mass is 32.2. The number of hydrogen-bond donors (Lipinski definition) is 0. The summed E-state index contributed by atoms with van der Waals surface area (Å²) in [5.41, 5.74) is 0. The predicted molar refractivity (Wildman–Crippen MR) is 59.1 cm³/mol. The lowest BCUT2D eigenvalue weighted by molar-refractivity contribution is -0.0995. The van der Waals surface area contributed by atoms with Gasteiger partial charge in [-0.05, 0) is 12.8 Å². The van der Waals surface area contributed by atoms with Gasteiger partial charge < -0.3 is 0 Å². The van der Waals surface area contributed by atoms with E-state index in [9.17, 15) is 34.4 Å². The van der Waals surface area contributed by atoms with Crippen LogP contribution < -0.4 is 0 Å². The zero-order chi connectivity index (χ0) is 15.1. The minimum Gasteiger partial charge on any atom is -0.223 e. The van der Waals surface area contributed by atoms with Crippen LogP contribution in [-0.4, -0.2) is 51.0 Å². The fraction of sp³-hybridized carbons (Fsp3) is 1.00. The van der Waals surface area contributed by atoms with Gasteiger partial charge in [0.15, 0.2) is 0 Å². The first-order valence-corrected chi connectivity index (χ1v) is 8.64. The Balaban J connectivity index is 3.25. The molecule has 11 heteroatoms. The summed E-state index contributed by atoms with van der Waals surface area (Å²) in [7, 11) is -11.3. The Morgan fingerprint density at radius 1 is 0.842 bits per heavy atom. The van der Waals surface area contributed by atoms with E-state index in [1.165, 1.54) is 0 Å². The van der Waals surface area contributed by atoms with E-state index in [-0.39, 0.29) is 36.5 Å². The van der Waals surface area contributed by atoms with Crippen molar-refractivity contribution in [1.82, 2.24) is 4.31 Å². The number of sulfone groups is 1. The van der Waals surface area contributed by atoms with Crippen LogP contribution in [0, 0.1) is 0 Å². The molecule has 1 rings (SSSR count). The van der Waals surface area contributed by atoms with Gasteiger partial charge in [-0.15, -0.1) is 0 Å². The van der Waals surface area contributed by atoms with E-state index >= 15 is 0 Å². The molecule has 0 aromatic rings.